The molecule has 0 aliphatic carbocycles. The molecule has 0 spiro atoms. The fraction of sp³-hybridized carbons (Fsp3) is 0.143. The number of aryl methyl sites for hydroxylation is 1. The third kappa shape index (κ3) is 1.52. The van der Waals surface area contributed by atoms with Crippen molar-refractivity contribution in [2.45, 2.75) is 0 Å². The van der Waals surface area contributed by atoms with E-state index in [1.165, 1.54) is 16.0 Å². The molecule has 13 heavy (non-hydrogen) atoms. The van der Waals surface area contributed by atoms with Crippen LogP contribution in [0, 0.1) is 0 Å². The molecule has 0 radical (unpaired) electrons. The van der Waals surface area contributed by atoms with Gasteiger partial charge in [0, 0.05) is 7.05 Å². The van der Waals surface area contributed by atoms with Gasteiger partial charge in [-0.25, -0.2) is 4.68 Å². The largest absolute Gasteiger partial charge is 0.368 e. The number of nitrogens with zero attached hydrogens (tertiary/aromatic N) is 3. The molecule has 2 rings (SSSR count). The Morgan fingerprint density at radius 2 is 2.31 bits per heavy atom. The summed E-state index contributed by atoms with van der Waals surface area (Å²) in [5, 5.41) is 4.13. The van der Waals surface area contributed by atoms with Crippen molar-refractivity contribution in [3.05, 3.63) is 16.5 Å². The molecule has 0 aliphatic rings. The third-order valence-corrected chi connectivity index (χ3v) is 2.82. The van der Waals surface area contributed by atoms with Crippen LogP contribution in [0.1, 0.15) is 0 Å². The van der Waals surface area contributed by atoms with Crippen LogP contribution in [0.15, 0.2) is 12.1 Å². The Kier molecular flexibility index (Phi) is 1.97. The number of hydrogen-bond acceptors (Lipinski definition) is 4. The second-order valence-corrected chi connectivity index (χ2v) is 4.24. The number of hydrogen-bond donors (Lipinski definition) is 1. The summed E-state index contributed by atoms with van der Waals surface area (Å²) in [7, 11) is 1.75. The summed E-state index contributed by atoms with van der Waals surface area (Å²) in [6, 6.07) is 3.69. The SMILES string of the molecule is Cn1nc(-c2ccc(Cl)s2)nc1N. The van der Waals surface area contributed by atoms with Gasteiger partial charge in [-0.05, 0) is 12.1 Å². The van der Waals surface area contributed by atoms with Crippen LogP contribution >= 0.6 is 22.9 Å². The second-order valence-electron chi connectivity index (χ2n) is 2.52. The number of rotatable bonds is 1. The first-order valence-corrected chi connectivity index (χ1v) is 4.78. The molecule has 0 fully saturated rings. The highest BCUT2D eigenvalue weighted by Crippen LogP contribution is 2.28. The van der Waals surface area contributed by atoms with Crippen LogP contribution in [-0.2, 0) is 7.05 Å². The molecular weight excluding hydrogens is 208 g/mol. The van der Waals surface area contributed by atoms with Crippen molar-refractivity contribution >= 4 is 28.9 Å². The summed E-state index contributed by atoms with van der Waals surface area (Å²) in [4.78, 5) is 5.00. The highest BCUT2D eigenvalue weighted by atomic mass is 35.5. The van der Waals surface area contributed by atoms with Gasteiger partial charge in [0.25, 0.3) is 0 Å². The van der Waals surface area contributed by atoms with Crippen molar-refractivity contribution in [3.63, 3.8) is 0 Å². The summed E-state index contributed by atoms with van der Waals surface area (Å²) in [5.74, 6) is 1.02. The standard InChI is InChI=1S/C7H7ClN4S/c1-12-7(9)10-6(11-12)4-2-3-5(8)13-4/h2-3H,1H3,(H2,9,10,11). The molecule has 2 aromatic rings. The average Bonchev–Trinajstić information content (AvgIpc) is 2.61. The average molecular weight is 215 g/mol. The molecule has 68 valence electrons. The smallest absolute Gasteiger partial charge is 0.218 e. The molecule has 2 heterocycles. The van der Waals surface area contributed by atoms with Gasteiger partial charge >= 0.3 is 0 Å². The molecule has 0 saturated heterocycles. The van der Waals surface area contributed by atoms with E-state index in [0.717, 1.165) is 9.21 Å². The minimum Gasteiger partial charge on any atom is -0.368 e. The highest BCUT2D eigenvalue weighted by molar-refractivity contribution is 7.19. The van der Waals surface area contributed by atoms with Crippen molar-refractivity contribution < 1.29 is 0 Å². The number of nitrogen functional groups attached to an aromatic ring is 1. The van der Waals surface area contributed by atoms with Gasteiger partial charge in [-0.3, -0.25) is 0 Å². The molecule has 0 unspecified atom stereocenters. The summed E-state index contributed by atoms with van der Waals surface area (Å²) in [6.07, 6.45) is 0. The number of thiophene rings is 1. The Morgan fingerprint density at radius 3 is 2.77 bits per heavy atom. The maximum absolute atomic E-state index is 5.78. The summed E-state index contributed by atoms with van der Waals surface area (Å²) in [5.41, 5.74) is 5.55. The van der Waals surface area contributed by atoms with Crippen molar-refractivity contribution in [2.75, 3.05) is 5.73 Å². The topological polar surface area (TPSA) is 56.7 Å². The van der Waals surface area contributed by atoms with Crippen LogP contribution in [0.3, 0.4) is 0 Å². The molecule has 0 atom stereocenters. The van der Waals surface area contributed by atoms with E-state index >= 15 is 0 Å². The van der Waals surface area contributed by atoms with E-state index in [1.54, 1.807) is 7.05 Å². The predicted octanol–water partition coefficient (Wildman–Crippen LogP) is 1.78. The first-order valence-electron chi connectivity index (χ1n) is 3.59. The first-order chi connectivity index (χ1) is 6.16. The van der Waals surface area contributed by atoms with E-state index in [2.05, 4.69) is 10.1 Å². The molecule has 2 aromatic heterocycles. The van der Waals surface area contributed by atoms with Gasteiger partial charge in [-0.1, -0.05) is 11.6 Å². The van der Waals surface area contributed by atoms with Crippen molar-refractivity contribution in [3.8, 4) is 10.7 Å². The van der Waals surface area contributed by atoms with Crippen LogP contribution in [-0.4, -0.2) is 14.8 Å². The number of halogens is 1. The number of nitrogens with two attached hydrogens (primary N) is 1. The maximum atomic E-state index is 5.78. The fourth-order valence-electron chi connectivity index (χ4n) is 0.935. The summed E-state index contributed by atoms with van der Waals surface area (Å²) in [6.45, 7) is 0. The van der Waals surface area contributed by atoms with E-state index in [0.29, 0.717) is 11.8 Å². The number of aromatic nitrogens is 3. The Labute approximate surface area is 84.0 Å². The molecule has 0 saturated carbocycles. The Hall–Kier alpha value is -1.07. The molecular formula is C7H7ClN4S. The van der Waals surface area contributed by atoms with Gasteiger partial charge in [-0.15, -0.1) is 16.4 Å². The molecule has 6 heteroatoms. The lowest BCUT2D eigenvalue weighted by Gasteiger charge is -1.85. The minimum atomic E-state index is 0.402. The van der Waals surface area contributed by atoms with Crippen LogP contribution in [0.4, 0.5) is 5.95 Å². The first kappa shape index (κ1) is 8.52. The van der Waals surface area contributed by atoms with Crippen molar-refractivity contribution in [1.82, 2.24) is 14.8 Å². The summed E-state index contributed by atoms with van der Waals surface area (Å²) >= 11 is 7.22. The molecule has 0 aromatic carbocycles. The van der Waals surface area contributed by atoms with Crippen LogP contribution in [0.2, 0.25) is 4.34 Å². The van der Waals surface area contributed by atoms with Gasteiger partial charge < -0.3 is 5.73 Å². The van der Waals surface area contributed by atoms with Crippen LogP contribution in [0.5, 0.6) is 0 Å². The van der Waals surface area contributed by atoms with Gasteiger partial charge in [0.15, 0.2) is 5.82 Å². The van der Waals surface area contributed by atoms with E-state index < -0.39 is 0 Å². The lowest BCUT2D eigenvalue weighted by atomic mass is 10.4. The van der Waals surface area contributed by atoms with Crippen molar-refractivity contribution in [2.24, 2.45) is 7.05 Å². The lowest BCUT2D eigenvalue weighted by molar-refractivity contribution is 0.781. The minimum absolute atomic E-state index is 0.402. The third-order valence-electron chi connectivity index (χ3n) is 1.59. The van der Waals surface area contributed by atoms with Gasteiger partial charge in [0.05, 0.1) is 9.21 Å². The van der Waals surface area contributed by atoms with E-state index in [-0.39, 0.29) is 0 Å². The van der Waals surface area contributed by atoms with Gasteiger partial charge in [-0.2, -0.15) is 4.98 Å². The zero-order chi connectivity index (χ0) is 9.42. The van der Waals surface area contributed by atoms with Gasteiger partial charge in [0.2, 0.25) is 5.95 Å². The lowest BCUT2D eigenvalue weighted by Crippen LogP contribution is -1.97. The Balaban J connectivity index is 2.46. The monoisotopic (exact) mass is 214 g/mol. The summed E-state index contributed by atoms with van der Waals surface area (Å²) < 4.78 is 2.25. The van der Waals surface area contributed by atoms with Crippen LogP contribution in [0.25, 0.3) is 10.7 Å². The normalized spacial score (nSPS) is 10.6. The zero-order valence-electron chi connectivity index (χ0n) is 6.86. The molecule has 4 nitrogen and oxygen atoms in total. The molecule has 0 bridgehead atoms. The molecule has 2 N–H and O–H groups in total. The highest BCUT2D eigenvalue weighted by Gasteiger charge is 2.08. The molecule has 0 amide bonds. The zero-order valence-corrected chi connectivity index (χ0v) is 8.43. The Bertz CT molecular complexity index is 414. The van der Waals surface area contributed by atoms with E-state index in [1.807, 2.05) is 12.1 Å². The fourth-order valence-corrected chi connectivity index (χ4v) is 1.91. The second kappa shape index (κ2) is 3.01. The van der Waals surface area contributed by atoms with Gasteiger partial charge in [0.1, 0.15) is 0 Å². The molecule has 0 aliphatic heterocycles. The quantitative estimate of drug-likeness (QED) is 0.787. The number of anilines is 1. The van der Waals surface area contributed by atoms with Crippen LogP contribution < -0.4 is 5.73 Å². The van der Waals surface area contributed by atoms with Crippen molar-refractivity contribution in [1.29, 1.82) is 0 Å². The van der Waals surface area contributed by atoms with E-state index in [9.17, 15) is 0 Å². The van der Waals surface area contributed by atoms with E-state index in [4.69, 9.17) is 17.3 Å². The maximum Gasteiger partial charge on any atom is 0.218 e. The Morgan fingerprint density at radius 1 is 1.54 bits per heavy atom. The predicted molar refractivity (Wildman–Crippen MR) is 53.7 cm³/mol.